The van der Waals surface area contributed by atoms with Crippen LogP contribution >= 0.6 is 0 Å². The van der Waals surface area contributed by atoms with Crippen molar-refractivity contribution in [1.29, 1.82) is 0 Å². The Kier molecular flexibility index (Phi) is 5.75. The van der Waals surface area contributed by atoms with Gasteiger partial charge >= 0.3 is 0 Å². The molecule has 130 valence electrons. The number of guanidine groups is 1. The fraction of sp³-hybridized carbons (Fsp3) is 0.526. The first kappa shape index (κ1) is 16.8. The van der Waals surface area contributed by atoms with Crippen LogP contribution in [0.4, 0.5) is 0 Å². The predicted molar refractivity (Wildman–Crippen MR) is 102 cm³/mol. The van der Waals surface area contributed by atoms with E-state index in [2.05, 4.69) is 63.0 Å². The van der Waals surface area contributed by atoms with Gasteiger partial charge in [0, 0.05) is 37.2 Å². The van der Waals surface area contributed by atoms with Crippen molar-refractivity contribution in [3.8, 4) is 0 Å². The SMILES string of the molecule is CN=C(NCCc1c[nH]c2ccccc12)NCC1CCN(C)CC1. The molecule has 1 aliphatic heterocycles. The molecule has 2 aromatic rings. The lowest BCUT2D eigenvalue weighted by molar-refractivity contribution is 0.220. The van der Waals surface area contributed by atoms with Crippen molar-refractivity contribution in [3.63, 3.8) is 0 Å². The number of para-hydroxylation sites is 1. The Bertz CT molecular complexity index is 667. The van der Waals surface area contributed by atoms with Gasteiger partial charge in [0.2, 0.25) is 0 Å². The summed E-state index contributed by atoms with van der Waals surface area (Å²) in [6.45, 7) is 4.31. The van der Waals surface area contributed by atoms with E-state index in [1.54, 1.807) is 0 Å². The second-order valence-electron chi connectivity index (χ2n) is 6.74. The van der Waals surface area contributed by atoms with Crippen LogP contribution in [0.5, 0.6) is 0 Å². The highest BCUT2D eigenvalue weighted by Gasteiger charge is 2.16. The molecule has 5 nitrogen and oxygen atoms in total. The Morgan fingerprint density at radius 1 is 1.25 bits per heavy atom. The lowest BCUT2D eigenvalue weighted by Crippen LogP contribution is -2.42. The number of fused-ring (bicyclic) bond motifs is 1. The van der Waals surface area contributed by atoms with Gasteiger partial charge in [-0.3, -0.25) is 4.99 Å². The number of hydrogen-bond acceptors (Lipinski definition) is 2. The number of aliphatic imine (C=N–C) groups is 1. The van der Waals surface area contributed by atoms with Gasteiger partial charge in [-0.05, 0) is 56.9 Å². The van der Waals surface area contributed by atoms with Crippen molar-refractivity contribution in [3.05, 3.63) is 36.0 Å². The molecule has 2 heterocycles. The number of likely N-dealkylation sites (tertiary alicyclic amines) is 1. The van der Waals surface area contributed by atoms with Crippen LogP contribution < -0.4 is 10.6 Å². The van der Waals surface area contributed by atoms with Crippen LogP contribution in [0.15, 0.2) is 35.5 Å². The molecule has 0 saturated carbocycles. The topological polar surface area (TPSA) is 55.5 Å². The van der Waals surface area contributed by atoms with Crippen molar-refractivity contribution in [2.24, 2.45) is 10.9 Å². The average Bonchev–Trinajstić information content (AvgIpc) is 3.02. The Hall–Kier alpha value is -2.01. The van der Waals surface area contributed by atoms with E-state index >= 15 is 0 Å². The molecule has 0 bridgehead atoms. The average molecular weight is 327 g/mol. The molecule has 1 aliphatic rings. The summed E-state index contributed by atoms with van der Waals surface area (Å²) in [7, 11) is 4.05. The lowest BCUT2D eigenvalue weighted by Gasteiger charge is -2.29. The Morgan fingerprint density at radius 2 is 2.04 bits per heavy atom. The normalized spacial score (nSPS) is 17.3. The first-order valence-corrected chi connectivity index (χ1v) is 8.94. The van der Waals surface area contributed by atoms with Crippen molar-refractivity contribution in [1.82, 2.24) is 20.5 Å². The number of aromatic amines is 1. The van der Waals surface area contributed by atoms with Gasteiger partial charge in [-0.25, -0.2) is 0 Å². The summed E-state index contributed by atoms with van der Waals surface area (Å²) < 4.78 is 0. The first-order valence-electron chi connectivity index (χ1n) is 8.94. The van der Waals surface area contributed by atoms with Crippen LogP contribution in [-0.4, -0.2) is 56.1 Å². The zero-order chi connectivity index (χ0) is 16.8. The van der Waals surface area contributed by atoms with E-state index in [1.165, 1.54) is 42.4 Å². The van der Waals surface area contributed by atoms with Gasteiger partial charge in [0.25, 0.3) is 0 Å². The molecular weight excluding hydrogens is 298 g/mol. The largest absolute Gasteiger partial charge is 0.361 e. The Balaban J connectivity index is 1.43. The van der Waals surface area contributed by atoms with Crippen LogP contribution in [0.25, 0.3) is 10.9 Å². The van der Waals surface area contributed by atoms with Crippen LogP contribution in [0.1, 0.15) is 18.4 Å². The molecule has 0 aliphatic carbocycles. The summed E-state index contributed by atoms with van der Waals surface area (Å²) in [5.74, 6) is 1.67. The summed E-state index contributed by atoms with van der Waals surface area (Å²) >= 11 is 0. The minimum absolute atomic E-state index is 0.758. The minimum Gasteiger partial charge on any atom is -0.361 e. The van der Waals surface area contributed by atoms with E-state index in [0.717, 1.165) is 31.4 Å². The zero-order valence-corrected chi connectivity index (χ0v) is 14.8. The standard InChI is InChI=1S/C19H29N5/c1-20-19(23-13-15-8-11-24(2)12-9-15)21-10-7-16-14-22-18-6-4-3-5-17(16)18/h3-6,14-15,22H,7-13H2,1-2H3,(H2,20,21,23). The summed E-state index contributed by atoms with van der Waals surface area (Å²) in [6.07, 6.45) is 5.64. The highest BCUT2D eigenvalue weighted by molar-refractivity contribution is 5.83. The Labute approximate surface area is 144 Å². The maximum absolute atomic E-state index is 4.34. The summed E-state index contributed by atoms with van der Waals surface area (Å²) in [5, 5.41) is 8.23. The number of rotatable bonds is 5. The molecule has 3 N–H and O–H groups in total. The Morgan fingerprint density at radius 3 is 2.83 bits per heavy atom. The van der Waals surface area contributed by atoms with E-state index in [0.29, 0.717) is 0 Å². The number of H-pyrrole nitrogens is 1. The first-order chi connectivity index (χ1) is 11.8. The number of aromatic nitrogens is 1. The van der Waals surface area contributed by atoms with Gasteiger partial charge in [0.1, 0.15) is 0 Å². The number of nitrogens with zero attached hydrogens (tertiary/aromatic N) is 2. The highest BCUT2D eigenvalue weighted by Crippen LogP contribution is 2.17. The number of piperidine rings is 1. The quantitative estimate of drug-likeness (QED) is 0.583. The highest BCUT2D eigenvalue weighted by atomic mass is 15.2. The van der Waals surface area contributed by atoms with Gasteiger partial charge in [-0.1, -0.05) is 18.2 Å². The molecule has 0 unspecified atom stereocenters. The van der Waals surface area contributed by atoms with Gasteiger partial charge in [0.05, 0.1) is 0 Å². The summed E-state index contributed by atoms with van der Waals surface area (Å²) in [5.41, 5.74) is 2.56. The van der Waals surface area contributed by atoms with Gasteiger partial charge < -0.3 is 20.5 Å². The monoisotopic (exact) mass is 327 g/mol. The third-order valence-electron chi connectivity index (χ3n) is 4.98. The van der Waals surface area contributed by atoms with Gasteiger partial charge in [-0.2, -0.15) is 0 Å². The van der Waals surface area contributed by atoms with Crippen LogP contribution in [0.3, 0.4) is 0 Å². The molecule has 3 rings (SSSR count). The molecule has 24 heavy (non-hydrogen) atoms. The van der Waals surface area contributed by atoms with Gasteiger partial charge in [-0.15, -0.1) is 0 Å². The van der Waals surface area contributed by atoms with Crippen molar-refractivity contribution < 1.29 is 0 Å². The minimum atomic E-state index is 0.758. The lowest BCUT2D eigenvalue weighted by atomic mass is 9.97. The van der Waals surface area contributed by atoms with Crippen molar-refractivity contribution in [2.75, 3.05) is 40.3 Å². The van der Waals surface area contributed by atoms with Crippen LogP contribution in [-0.2, 0) is 6.42 Å². The van der Waals surface area contributed by atoms with E-state index < -0.39 is 0 Å². The molecule has 0 atom stereocenters. The van der Waals surface area contributed by atoms with E-state index in [4.69, 9.17) is 0 Å². The van der Waals surface area contributed by atoms with Crippen molar-refractivity contribution in [2.45, 2.75) is 19.3 Å². The molecule has 1 fully saturated rings. The molecule has 1 aromatic carbocycles. The third kappa shape index (κ3) is 4.29. The molecule has 1 saturated heterocycles. The van der Waals surface area contributed by atoms with E-state index in [1.807, 2.05) is 7.05 Å². The number of nitrogens with one attached hydrogen (secondary N) is 3. The summed E-state index contributed by atoms with van der Waals surface area (Å²) in [6, 6.07) is 8.45. The molecule has 1 aromatic heterocycles. The fourth-order valence-corrected chi connectivity index (χ4v) is 3.38. The maximum Gasteiger partial charge on any atom is 0.190 e. The van der Waals surface area contributed by atoms with E-state index in [9.17, 15) is 0 Å². The molecule has 0 radical (unpaired) electrons. The maximum atomic E-state index is 4.34. The number of hydrogen-bond donors (Lipinski definition) is 3. The number of benzene rings is 1. The van der Waals surface area contributed by atoms with Crippen molar-refractivity contribution >= 4 is 16.9 Å². The van der Waals surface area contributed by atoms with Crippen LogP contribution in [0, 0.1) is 5.92 Å². The summed E-state index contributed by atoms with van der Waals surface area (Å²) in [4.78, 5) is 10.1. The van der Waals surface area contributed by atoms with E-state index in [-0.39, 0.29) is 0 Å². The second kappa shape index (κ2) is 8.20. The second-order valence-corrected chi connectivity index (χ2v) is 6.74. The molecule has 0 spiro atoms. The smallest absolute Gasteiger partial charge is 0.190 e. The van der Waals surface area contributed by atoms with Gasteiger partial charge in [0.15, 0.2) is 5.96 Å². The fourth-order valence-electron chi connectivity index (χ4n) is 3.38. The van der Waals surface area contributed by atoms with Crippen LogP contribution in [0.2, 0.25) is 0 Å². The third-order valence-corrected chi connectivity index (χ3v) is 4.98. The predicted octanol–water partition coefficient (Wildman–Crippen LogP) is 2.22. The molecule has 0 amide bonds. The molecule has 5 heteroatoms. The zero-order valence-electron chi connectivity index (χ0n) is 14.8. The molecular formula is C19H29N5.